The quantitative estimate of drug-likeness (QED) is 0.0228. The third-order valence-corrected chi connectivity index (χ3v) is 11.4. The number of hydrogen-bond acceptors (Lipinski definition) is 6. The highest BCUT2D eigenvalue weighted by Gasteiger charge is 2.29. The van der Waals surface area contributed by atoms with Crippen molar-refractivity contribution in [2.24, 2.45) is 10.2 Å². The molecule has 4 rings (SSSR count). The molecule has 1 unspecified atom stereocenters. The van der Waals surface area contributed by atoms with Crippen LogP contribution in [-0.2, 0) is 6.42 Å². The maximum absolute atomic E-state index is 14.3. The lowest BCUT2D eigenvalue weighted by molar-refractivity contribution is 0.379. The zero-order valence-electron chi connectivity index (χ0n) is 34.3. The van der Waals surface area contributed by atoms with E-state index in [4.69, 9.17) is 46.4 Å². The van der Waals surface area contributed by atoms with Crippen molar-refractivity contribution in [1.29, 1.82) is 0 Å². The molecule has 0 saturated carbocycles. The Labute approximate surface area is 365 Å². The van der Waals surface area contributed by atoms with Crippen LogP contribution in [0.5, 0.6) is 11.8 Å². The van der Waals surface area contributed by atoms with Crippen molar-refractivity contribution in [3.63, 3.8) is 0 Å². The molecule has 1 atom stereocenters. The van der Waals surface area contributed by atoms with Gasteiger partial charge in [0.05, 0.1) is 22.3 Å². The number of unbranched alkanes of at least 4 members (excludes halogenated alkanes) is 15. The number of H-pyrrole nitrogens is 1. The Morgan fingerprint density at radius 1 is 0.759 bits per heavy atom. The molecule has 2 aromatic carbocycles. The predicted octanol–water partition coefficient (Wildman–Crippen LogP) is 15.2. The number of azo groups is 1. The second-order valence-corrected chi connectivity index (χ2v) is 16.9. The van der Waals surface area contributed by atoms with Gasteiger partial charge in [-0.05, 0) is 62.3 Å². The molecule has 318 valence electrons. The molecule has 0 aliphatic heterocycles. The molecule has 4 aromatic rings. The number of allylic oxidation sites excluding steroid dienone is 2. The maximum Gasteiger partial charge on any atom is 0.301 e. The number of halogens is 4. The van der Waals surface area contributed by atoms with Gasteiger partial charge in [0.1, 0.15) is 5.69 Å². The first-order chi connectivity index (χ1) is 28.2. The van der Waals surface area contributed by atoms with Gasteiger partial charge in [0.2, 0.25) is 11.8 Å². The molecule has 0 bridgehead atoms. The van der Waals surface area contributed by atoms with Gasteiger partial charge in [-0.3, -0.25) is 9.89 Å². The molecule has 0 aliphatic rings. The molecule has 58 heavy (non-hydrogen) atoms. The standard InChI is InChI=1S/C45H62Cl4N6O3/c1-3-5-7-9-11-12-13-14-15-16-17-18-19-21-26-35(46)31-34-25-22-23-27-39(34)54(55-40(56)28-29-41(55)57)44-42(51-50-30-24-20-10-8-6-4-2)45(58)53(52-44)43-37(48)32-36(47)33-38(43)49/h18-19,22-23,25,27-29,32-33,35,52,56-57H,3-17,20-21,24,26,30-31H2,1-2H3. The van der Waals surface area contributed by atoms with Crippen LogP contribution in [0.25, 0.3) is 5.69 Å². The lowest BCUT2D eigenvalue weighted by atomic mass is 10.0. The topological polar surface area (TPSA) is 111 Å². The van der Waals surface area contributed by atoms with E-state index in [-0.39, 0.29) is 44.4 Å². The SMILES string of the molecule is CCCCCCCCCCCCC=CCCC(Cl)Cc1ccccc1N(c1[nH]n(-c2c(Cl)cc(Cl)cc2Cl)c(=O)c1N=NCCCCCCCC)n1c(O)ccc1O. The highest BCUT2D eigenvalue weighted by Crippen LogP contribution is 2.40. The molecule has 0 fully saturated rings. The first kappa shape index (κ1) is 47.3. The lowest BCUT2D eigenvalue weighted by Crippen LogP contribution is -2.26. The Morgan fingerprint density at radius 3 is 1.93 bits per heavy atom. The molecule has 2 heterocycles. The molecule has 0 aliphatic carbocycles. The molecule has 2 aromatic heterocycles. The van der Waals surface area contributed by atoms with Crippen molar-refractivity contribution >= 4 is 63.6 Å². The minimum atomic E-state index is -0.596. The summed E-state index contributed by atoms with van der Waals surface area (Å²) in [4.78, 5) is 14.3. The van der Waals surface area contributed by atoms with E-state index >= 15 is 0 Å². The number of aromatic amines is 1. The van der Waals surface area contributed by atoms with Crippen molar-refractivity contribution in [2.75, 3.05) is 11.6 Å². The largest absolute Gasteiger partial charge is 0.493 e. The van der Waals surface area contributed by atoms with Gasteiger partial charge in [-0.25, -0.2) is 9.69 Å². The average Bonchev–Trinajstić information content (AvgIpc) is 3.69. The Hall–Kier alpha value is -3.37. The van der Waals surface area contributed by atoms with E-state index in [0.29, 0.717) is 23.7 Å². The van der Waals surface area contributed by atoms with Crippen molar-refractivity contribution in [3.8, 4) is 17.4 Å². The minimum absolute atomic E-state index is 0.0784. The number of aromatic hydroxyl groups is 2. The van der Waals surface area contributed by atoms with Crippen LogP contribution in [0, 0.1) is 0 Å². The fourth-order valence-corrected chi connectivity index (χ4v) is 8.36. The Bertz CT molecular complexity index is 1890. The minimum Gasteiger partial charge on any atom is -0.493 e. The number of aromatic nitrogens is 3. The van der Waals surface area contributed by atoms with Crippen LogP contribution in [0.4, 0.5) is 17.2 Å². The second kappa shape index (κ2) is 26.0. The number of nitrogens with zero attached hydrogens (tertiary/aromatic N) is 5. The normalized spacial score (nSPS) is 12.4. The van der Waals surface area contributed by atoms with E-state index in [9.17, 15) is 15.0 Å². The van der Waals surface area contributed by atoms with Gasteiger partial charge < -0.3 is 10.2 Å². The van der Waals surface area contributed by atoms with Crippen LogP contribution >= 0.6 is 46.4 Å². The predicted molar refractivity (Wildman–Crippen MR) is 244 cm³/mol. The maximum atomic E-state index is 14.3. The molecule has 0 amide bonds. The van der Waals surface area contributed by atoms with E-state index in [1.807, 2.05) is 24.3 Å². The zero-order valence-corrected chi connectivity index (χ0v) is 37.3. The number of benzene rings is 2. The summed E-state index contributed by atoms with van der Waals surface area (Å²) in [5.74, 6) is -0.462. The number of rotatable bonds is 28. The van der Waals surface area contributed by atoms with Crippen LogP contribution < -0.4 is 10.6 Å². The fraction of sp³-hybridized carbons (Fsp3) is 0.533. The van der Waals surface area contributed by atoms with Gasteiger partial charge in [-0.2, -0.15) is 9.79 Å². The van der Waals surface area contributed by atoms with E-state index in [2.05, 4.69) is 41.3 Å². The Morgan fingerprint density at radius 2 is 1.31 bits per heavy atom. The summed E-state index contributed by atoms with van der Waals surface area (Å²) in [7, 11) is 0. The molecular formula is C45H62Cl4N6O3. The molecule has 9 nitrogen and oxygen atoms in total. The number of para-hydroxylation sites is 1. The summed E-state index contributed by atoms with van der Waals surface area (Å²) in [5.41, 5.74) is 0.843. The molecule has 0 radical (unpaired) electrons. The highest BCUT2D eigenvalue weighted by atomic mass is 35.5. The Balaban J connectivity index is 1.56. The molecular weight excluding hydrogens is 814 g/mol. The van der Waals surface area contributed by atoms with Crippen LogP contribution in [0.1, 0.15) is 141 Å². The Kier molecular flexibility index (Phi) is 21.2. The van der Waals surface area contributed by atoms with Crippen LogP contribution in [0.15, 0.2) is 75.7 Å². The van der Waals surface area contributed by atoms with Crippen LogP contribution in [0.3, 0.4) is 0 Å². The number of anilines is 2. The van der Waals surface area contributed by atoms with Gasteiger partial charge in [0.15, 0.2) is 11.5 Å². The summed E-state index contributed by atoms with van der Waals surface area (Å²) >= 11 is 26.5. The highest BCUT2D eigenvalue weighted by molar-refractivity contribution is 6.40. The van der Waals surface area contributed by atoms with Gasteiger partial charge >= 0.3 is 5.56 Å². The zero-order chi connectivity index (χ0) is 41.7. The first-order valence-corrected chi connectivity index (χ1v) is 22.9. The summed E-state index contributed by atoms with van der Waals surface area (Å²) in [6.45, 7) is 4.86. The van der Waals surface area contributed by atoms with Crippen molar-refractivity contribution in [1.82, 2.24) is 14.5 Å². The van der Waals surface area contributed by atoms with Crippen LogP contribution in [-0.4, -0.2) is 36.6 Å². The molecule has 13 heteroatoms. The van der Waals surface area contributed by atoms with E-state index < -0.39 is 5.56 Å². The summed E-state index contributed by atoms with van der Waals surface area (Å²) in [6.07, 6.45) is 27.3. The van der Waals surface area contributed by atoms with Gasteiger partial charge in [0.25, 0.3) is 0 Å². The van der Waals surface area contributed by atoms with E-state index in [1.165, 1.54) is 122 Å². The monoisotopic (exact) mass is 874 g/mol. The van der Waals surface area contributed by atoms with Gasteiger partial charge in [0, 0.05) is 22.5 Å². The molecule has 0 spiro atoms. The number of nitrogens with one attached hydrogen (secondary N) is 1. The van der Waals surface area contributed by atoms with E-state index in [0.717, 1.165) is 44.1 Å². The average molecular weight is 877 g/mol. The fourth-order valence-electron chi connectivity index (χ4n) is 7.08. The van der Waals surface area contributed by atoms with Gasteiger partial charge in [-0.1, -0.05) is 169 Å². The second-order valence-electron chi connectivity index (χ2n) is 15.0. The summed E-state index contributed by atoms with van der Waals surface area (Å²) in [6, 6.07) is 13.2. The third-order valence-electron chi connectivity index (χ3n) is 10.3. The van der Waals surface area contributed by atoms with Gasteiger partial charge in [-0.15, -0.1) is 16.7 Å². The number of alkyl halides is 1. The molecule has 0 saturated heterocycles. The van der Waals surface area contributed by atoms with E-state index in [1.54, 1.807) is 0 Å². The summed E-state index contributed by atoms with van der Waals surface area (Å²) < 4.78 is 2.36. The number of hydrogen-bond donors (Lipinski definition) is 3. The third kappa shape index (κ3) is 14.4. The van der Waals surface area contributed by atoms with Crippen molar-refractivity contribution in [3.05, 3.63) is 91.7 Å². The molecule has 3 N–H and O–H groups in total. The van der Waals surface area contributed by atoms with Crippen LogP contribution in [0.2, 0.25) is 15.1 Å². The smallest absolute Gasteiger partial charge is 0.301 e. The van der Waals surface area contributed by atoms with Crippen molar-refractivity contribution < 1.29 is 10.2 Å². The summed E-state index contributed by atoms with van der Waals surface area (Å²) in [5, 5.41) is 36.2. The van der Waals surface area contributed by atoms with Crippen molar-refractivity contribution in [2.45, 2.75) is 148 Å². The lowest BCUT2D eigenvalue weighted by Gasteiger charge is -2.28. The first-order valence-electron chi connectivity index (χ1n) is 21.3.